The SMILES string of the molecule is CCC1CN(C(=NC)NCc2ncccc2C)CCS1. The molecule has 0 aliphatic carbocycles. The number of aryl methyl sites for hydroxylation is 1. The number of guanidine groups is 1. The van der Waals surface area contributed by atoms with Crippen LogP contribution in [0.2, 0.25) is 0 Å². The molecule has 0 saturated carbocycles. The van der Waals surface area contributed by atoms with E-state index in [0.717, 1.165) is 36.5 Å². The van der Waals surface area contributed by atoms with Crippen LogP contribution < -0.4 is 5.32 Å². The maximum absolute atomic E-state index is 4.42. The van der Waals surface area contributed by atoms with E-state index < -0.39 is 0 Å². The maximum atomic E-state index is 4.42. The molecule has 1 aromatic heterocycles. The molecule has 0 aromatic carbocycles. The van der Waals surface area contributed by atoms with E-state index in [0.29, 0.717) is 0 Å². The molecule has 110 valence electrons. The Morgan fingerprint density at radius 3 is 3.15 bits per heavy atom. The minimum Gasteiger partial charge on any atom is -0.351 e. The topological polar surface area (TPSA) is 40.5 Å². The number of hydrogen-bond acceptors (Lipinski definition) is 3. The number of aromatic nitrogens is 1. The molecule has 0 spiro atoms. The van der Waals surface area contributed by atoms with Crippen molar-refractivity contribution in [2.24, 2.45) is 4.99 Å². The predicted molar refractivity (Wildman–Crippen MR) is 87.3 cm³/mol. The normalized spacial score (nSPS) is 20.1. The molecule has 1 atom stereocenters. The van der Waals surface area contributed by atoms with Gasteiger partial charge in [-0.1, -0.05) is 13.0 Å². The molecule has 2 rings (SSSR count). The summed E-state index contributed by atoms with van der Waals surface area (Å²) in [4.78, 5) is 11.2. The number of thioether (sulfide) groups is 1. The highest BCUT2D eigenvalue weighted by Gasteiger charge is 2.21. The molecule has 1 N–H and O–H groups in total. The summed E-state index contributed by atoms with van der Waals surface area (Å²) in [6.07, 6.45) is 3.06. The summed E-state index contributed by atoms with van der Waals surface area (Å²) in [5, 5.41) is 4.17. The number of nitrogens with one attached hydrogen (secondary N) is 1. The van der Waals surface area contributed by atoms with E-state index in [4.69, 9.17) is 0 Å². The lowest BCUT2D eigenvalue weighted by Gasteiger charge is -2.34. The largest absolute Gasteiger partial charge is 0.351 e. The minimum atomic E-state index is 0.721. The molecule has 1 aliphatic heterocycles. The number of rotatable bonds is 3. The molecule has 0 amide bonds. The fourth-order valence-corrected chi connectivity index (χ4v) is 3.54. The number of pyridine rings is 1. The van der Waals surface area contributed by atoms with E-state index in [-0.39, 0.29) is 0 Å². The van der Waals surface area contributed by atoms with Crippen molar-refractivity contribution in [3.8, 4) is 0 Å². The van der Waals surface area contributed by atoms with Gasteiger partial charge in [0, 0.05) is 37.3 Å². The smallest absolute Gasteiger partial charge is 0.194 e. The average Bonchev–Trinajstić information content (AvgIpc) is 2.50. The van der Waals surface area contributed by atoms with Crippen LogP contribution in [0.3, 0.4) is 0 Å². The van der Waals surface area contributed by atoms with Crippen molar-refractivity contribution >= 4 is 17.7 Å². The summed E-state index contributed by atoms with van der Waals surface area (Å²) in [6.45, 7) is 7.25. The van der Waals surface area contributed by atoms with E-state index in [9.17, 15) is 0 Å². The second-order valence-corrected chi connectivity index (χ2v) is 6.42. The second kappa shape index (κ2) is 7.53. The molecule has 20 heavy (non-hydrogen) atoms. The zero-order valence-electron chi connectivity index (χ0n) is 12.6. The summed E-state index contributed by atoms with van der Waals surface area (Å²) in [6, 6.07) is 4.07. The van der Waals surface area contributed by atoms with Gasteiger partial charge in [-0.2, -0.15) is 11.8 Å². The number of aliphatic imine (C=N–C) groups is 1. The molecule has 1 aliphatic rings. The number of hydrogen-bond donors (Lipinski definition) is 1. The van der Waals surface area contributed by atoms with Gasteiger partial charge in [-0.3, -0.25) is 9.98 Å². The van der Waals surface area contributed by atoms with Gasteiger partial charge in [-0.05, 0) is 25.0 Å². The van der Waals surface area contributed by atoms with E-state index in [1.165, 1.54) is 17.7 Å². The predicted octanol–water partition coefficient (Wildman–Crippen LogP) is 2.29. The van der Waals surface area contributed by atoms with Gasteiger partial charge < -0.3 is 10.2 Å². The Balaban J connectivity index is 1.94. The van der Waals surface area contributed by atoms with E-state index in [2.05, 4.69) is 51.9 Å². The van der Waals surface area contributed by atoms with E-state index in [1.54, 1.807) is 0 Å². The summed E-state index contributed by atoms with van der Waals surface area (Å²) in [7, 11) is 1.86. The van der Waals surface area contributed by atoms with Gasteiger partial charge in [0.1, 0.15) is 0 Å². The first-order valence-corrected chi connectivity index (χ1v) is 8.27. The molecule has 1 aromatic rings. The molecule has 4 nitrogen and oxygen atoms in total. The molecule has 1 saturated heterocycles. The zero-order chi connectivity index (χ0) is 14.4. The van der Waals surface area contributed by atoms with Crippen molar-refractivity contribution in [2.75, 3.05) is 25.9 Å². The van der Waals surface area contributed by atoms with E-state index >= 15 is 0 Å². The van der Waals surface area contributed by atoms with Crippen LogP contribution in [0.15, 0.2) is 23.3 Å². The Bertz CT molecular complexity index is 461. The molecule has 2 heterocycles. The Kier molecular flexibility index (Phi) is 5.71. The van der Waals surface area contributed by atoms with Crippen LogP contribution in [0.25, 0.3) is 0 Å². The Labute approximate surface area is 126 Å². The molecular formula is C15H24N4S. The molecule has 0 radical (unpaired) electrons. The lowest BCUT2D eigenvalue weighted by Crippen LogP contribution is -2.47. The van der Waals surface area contributed by atoms with Crippen LogP contribution in [0.4, 0.5) is 0 Å². The first kappa shape index (κ1) is 15.2. The van der Waals surface area contributed by atoms with Gasteiger partial charge in [0.15, 0.2) is 5.96 Å². The van der Waals surface area contributed by atoms with Gasteiger partial charge in [0.2, 0.25) is 0 Å². The van der Waals surface area contributed by atoms with Crippen LogP contribution >= 0.6 is 11.8 Å². The summed E-state index contributed by atoms with van der Waals surface area (Å²) in [5.41, 5.74) is 2.31. The lowest BCUT2D eigenvalue weighted by atomic mass is 10.2. The monoisotopic (exact) mass is 292 g/mol. The maximum Gasteiger partial charge on any atom is 0.194 e. The highest BCUT2D eigenvalue weighted by Crippen LogP contribution is 2.21. The first-order valence-electron chi connectivity index (χ1n) is 7.22. The van der Waals surface area contributed by atoms with Crippen LogP contribution in [0.5, 0.6) is 0 Å². The van der Waals surface area contributed by atoms with Crippen LogP contribution in [0, 0.1) is 6.92 Å². The highest BCUT2D eigenvalue weighted by molar-refractivity contribution is 8.00. The van der Waals surface area contributed by atoms with Gasteiger partial charge in [0.05, 0.1) is 12.2 Å². The molecule has 1 unspecified atom stereocenters. The number of nitrogens with zero attached hydrogens (tertiary/aromatic N) is 3. The fourth-order valence-electron chi connectivity index (χ4n) is 2.36. The van der Waals surface area contributed by atoms with Gasteiger partial charge >= 0.3 is 0 Å². The first-order chi connectivity index (χ1) is 9.74. The Hall–Kier alpha value is -1.23. The lowest BCUT2D eigenvalue weighted by molar-refractivity contribution is 0.407. The Morgan fingerprint density at radius 1 is 1.60 bits per heavy atom. The van der Waals surface area contributed by atoms with Gasteiger partial charge in [0.25, 0.3) is 0 Å². The van der Waals surface area contributed by atoms with Crippen LogP contribution in [-0.4, -0.2) is 47.0 Å². The third-order valence-corrected chi connectivity index (χ3v) is 5.01. The van der Waals surface area contributed by atoms with Crippen molar-refractivity contribution in [2.45, 2.75) is 32.1 Å². The van der Waals surface area contributed by atoms with Crippen molar-refractivity contribution < 1.29 is 0 Å². The van der Waals surface area contributed by atoms with Gasteiger partial charge in [-0.25, -0.2) is 0 Å². The molecule has 5 heteroatoms. The Morgan fingerprint density at radius 2 is 2.45 bits per heavy atom. The highest BCUT2D eigenvalue weighted by atomic mass is 32.2. The molecule has 1 fully saturated rings. The standard InChI is InChI=1S/C15H24N4S/c1-4-13-11-19(8-9-20-13)15(16-3)18-10-14-12(2)6-5-7-17-14/h5-7,13H,4,8-11H2,1-3H3,(H,16,18). The minimum absolute atomic E-state index is 0.721. The van der Waals surface area contributed by atoms with Gasteiger partial charge in [-0.15, -0.1) is 0 Å². The van der Waals surface area contributed by atoms with Crippen molar-refractivity contribution in [3.05, 3.63) is 29.6 Å². The van der Waals surface area contributed by atoms with Crippen molar-refractivity contribution in [3.63, 3.8) is 0 Å². The molecular weight excluding hydrogens is 268 g/mol. The summed E-state index contributed by atoms with van der Waals surface area (Å²) in [5.74, 6) is 2.18. The van der Waals surface area contributed by atoms with Crippen LogP contribution in [0.1, 0.15) is 24.6 Å². The van der Waals surface area contributed by atoms with Crippen LogP contribution in [-0.2, 0) is 6.54 Å². The second-order valence-electron chi connectivity index (χ2n) is 5.01. The van der Waals surface area contributed by atoms with E-state index in [1.807, 2.05) is 19.3 Å². The van der Waals surface area contributed by atoms with Crippen molar-refractivity contribution in [1.29, 1.82) is 0 Å². The third kappa shape index (κ3) is 3.88. The quantitative estimate of drug-likeness (QED) is 0.685. The third-order valence-electron chi connectivity index (χ3n) is 3.64. The molecule has 0 bridgehead atoms. The van der Waals surface area contributed by atoms with Crippen molar-refractivity contribution in [1.82, 2.24) is 15.2 Å². The fraction of sp³-hybridized carbons (Fsp3) is 0.600. The summed E-state index contributed by atoms with van der Waals surface area (Å²) < 4.78 is 0. The summed E-state index contributed by atoms with van der Waals surface area (Å²) >= 11 is 2.07. The average molecular weight is 292 g/mol. The zero-order valence-corrected chi connectivity index (χ0v) is 13.4.